The van der Waals surface area contributed by atoms with Gasteiger partial charge in [-0.1, -0.05) is 30.3 Å². The van der Waals surface area contributed by atoms with Gasteiger partial charge in [-0.3, -0.25) is 4.79 Å². The molecule has 0 aliphatic carbocycles. The van der Waals surface area contributed by atoms with Crippen LogP contribution in [0.1, 0.15) is 10.4 Å². The molecule has 0 spiro atoms. The average Bonchev–Trinajstić information content (AvgIpc) is 2.48. The fourth-order valence-electron chi connectivity index (χ4n) is 1.99. The molecule has 0 aliphatic heterocycles. The number of hydrogen-bond acceptors (Lipinski definition) is 4. The molecule has 6 heteroatoms. The number of carboxylic acid groups (broad SMARTS) is 1. The van der Waals surface area contributed by atoms with Crippen molar-refractivity contribution in [3.05, 3.63) is 42.0 Å². The Hall–Kier alpha value is -2.60. The topological polar surface area (TPSA) is 95.9 Å². The highest BCUT2D eigenvalue weighted by atomic mass is 16.5. The van der Waals surface area contributed by atoms with Crippen LogP contribution in [0.3, 0.4) is 0 Å². The molecule has 0 saturated heterocycles. The molecule has 1 atom stereocenters. The van der Waals surface area contributed by atoms with Gasteiger partial charge in [0.2, 0.25) is 0 Å². The third kappa shape index (κ3) is 3.11. The Morgan fingerprint density at radius 2 is 1.95 bits per heavy atom. The van der Waals surface area contributed by atoms with E-state index in [0.717, 1.165) is 5.39 Å². The van der Waals surface area contributed by atoms with Crippen LogP contribution in [0.25, 0.3) is 10.8 Å². The lowest BCUT2D eigenvalue weighted by Crippen LogP contribution is -2.37. The van der Waals surface area contributed by atoms with Crippen molar-refractivity contribution in [1.29, 1.82) is 0 Å². The minimum atomic E-state index is -1.17. The number of carboxylic acids is 1. The van der Waals surface area contributed by atoms with E-state index in [1.165, 1.54) is 13.2 Å². The highest BCUT2D eigenvalue weighted by Crippen LogP contribution is 2.28. The zero-order valence-electron chi connectivity index (χ0n) is 11.4. The van der Waals surface area contributed by atoms with Crippen LogP contribution in [0.5, 0.6) is 5.75 Å². The van der Waals surface area contributed by atoms with E-state index in [2.05, 4.69) is 5.32 Å². The number of carbonyl (C=O) groups is 2. The van der Waals surface area contributed by atoms with Gasteiger partial charge < -0.3 is 20.3 Å². The summed E-state index contributed by atoms with van der Waals surface area (Å²) < 4.78 is 4.72. The Morgan fingerprint density at radius 1 is 1.24 bits per heavy atom. The van der Waals surface area contributed by atoms with Crippen molar-refractivity contribution in [2.75, 3.05) is 13.7 Å². The van der Waals surface area contributed by atoms with Gasteiger partial charge in [-0.05, 0) is 11.5 Å². The summed E-state index contributed by atoms with van der Waals surface area (Å²) in [6.45, 7) is -0.184. The molecule has 0 heterocycles. The lowest BCUT2D eigenvalue weighted by Gasteiger charge is -2.12. The van der Waals surface area contributed by atoms with E-state index in [1.54, 1.807) is 18.2 Å². The first-order valence-corrected chi connectivity index (χ1v) is 6.29. The van der Waals surface area contributed by atoms with Crippen molar-refractivity contribution in [3.8, 4) is 5.75 Å². The van der Waals surface area contributed by atoms with Crippen LogP contribution in [0, 0.1) is 0 Å². The molecule has 2 aromatic carbocycles. The van der Waals surface area contributed by atoms with Gasteiger partial charge in [0.1, 0.15) is 5.75 Å². The number of ether oxygens (including phenoxy) is 1. The first kappa shape index (κ1) is 14.8. The summed E-state index contributed by atoms with van der Waals surface area (Å²) in [4.78, 5) is 22.8. The van der Waals surface area contributed by atoms with Crippen molar-refractivity contribution in [2.24, 2.45) is 0 Å². The molecule has 2 rings (SSSR count). The number of aromatic hydroxyl groups is 1. The Morgan fingerprint density at radius 3 is 2.62 bits per heavy atom. The van der Waals surface area contributed by atoms with Gasteiger partial charge in [0.15, 0.2) is 6.10 Å². The molecule has 0 saturated carbocycles. The summed E-state index contributed by atoms with van der Waals surface area (Å²) in [7, 11) is 1.25. The summed E-state index contributed by atoms with van der Waals surface area (Å²) in [6.07, 6.45) is -1.13. The van der Waals surface area contributed by atoms with Gasteiger partial charge in [0.05, 0.1) is 12.1 Å². The van der Waals surface area contributed by atoms with Crippen LogP contribution in [0.2, 0.25) is 0 Å². The Bertz CT molecular complexity index is 683. The van der Waals surface area contributed by atoms with E-state index in [4.69, 9.17) is 9.84 Å². The molecule has 21 heavy (non-hydrogen) atoms. The van der Waals surface area contributed by atoms with Crippen molar-refractivity contribution in [1.82, 2.24) is 5.32 Å². The smallest absolute Gasteiger partial charge is 0.334 e. The normalized spacial score (nSPS) is 12.0. The van der Waals surface area contributed by atoms with E-state index in [0.29, 0.717) is 5.39 Å². The van der Waals surface area contributed by atoms with E-state index in [-0.39, 0.29) is 17.9 Å². The van der Waals surface area contributed by atoms with E-state index in [9.17, 15) is 14.7 Å². The van der Waals surface area contributed by atoms with Gasteiger partial charge in [-0.25, -0.2) is 4.79 Å². The molecule has 1 amide bonds. The van der Waals surface area contributed by atoms with Crippen molar-refractivity contribution in [3.63, 3.8) is 0 Å². The number of fused-ring (bicyclic) bond motifs is 1. The summed E-state index contributed by atoms with van der Waals surface area (Å²) in [6, 6.07) is 10.3. The fourth-order valence-corrected chi connectivity index (χ4v) is 1.99. The third-order valence-electron chi connectivity index (χ3n) is 3.15. The van der Waals surface area contributed by atoms with Crippen LogP contribution in [0.4, 0.5) is 0 Å². The number of nitrogens with one attached hydrogen (secondary N) is 1. The predicted molar refractivity (Wildman–Crippen MR) is 76.4 cm³/mol. The highest BCUT2D eigenvalue weighted by Gasteiger charge is 2.19. The van der Waals surface area contributed by atoms with Crippen LogP contribution >= 0.6 is 0 Å². The molecule has 3 N–H and O–H groups in total. The molecule has 0 radical (unpaired) electrons. The van der Waals surface area contributed by atoms with Gasteiger partial charge in [0, 0.05) is 12.5 Å². The fraction of sp³-hybridized carbons (Fsp3) is 0.200. The molecule has 1 unspecified atom stereocenters. The lowest BCUT2D eigenvalue weighted by molar-refractivity contribution is -0.148. The number of benzene rings is 2. The zero-order valence-corrected chi connectivity index (χ0v) is 11.4. The number of rotatable bonds is 5. The Kier molecular flexibility index (Phi) is 4.39. The SMILES string of the molecule is COC(CNC(=O)c1ccc2ccccc2c1O)C(=O)O. The number of hydrogen-bond donors (Lipinski definition) is 3. The Labute approximate surface area is 121 Å². The van der Waals surface area contributed by atoms with Crippen molar-refractivity contribution < 1.29 is 24.5 Å². The van der Waals surface area contributed by atoms with Crippen LogP contribution in [0.15, 0.2) is 36.4 Å². The molecule has 0 bridgehead atoms. The quantitative estimate of drug-likeness (QED) is 0.772. The second-order valence-electron chi connectivity index (χ2n) is 4.46. The average molecular weight is 289 g/mol. The summed E-state index contributed by atoms with van der Waals surface area (Å²) in [5.74, 6) is -1.85. The predicted octanol–water partition coefficient (Wildman–Crippen LogP) is 1.37. The number of methoxy groups -OCH3 is 1. The highest BCUT2D eigenvalue weighted by molar-refractivity contribution is 6.03. The number of phenolic OH excluding ortho intramolecular Hbond substituents is 1. The number of aliphatic carboxylic acids is 1. The molecular weight excluding hydrogens is 274 g/mol. The maximum absolute atomic E-state index is 12.0. The number of carbonyl (C=O) groups excluding carboxylic acids is 1. The van der Waals surface area contributed by atoms with Gasteiger partial charge >= 0.3 is 5.97 Å². The Balaban J connectivity index is 2.20. The zero-order chi connectivity index (χ0) is 15.4. The minimum absolute atomic E-state index is 0.0916. The van der Waals surface area contributed by atoms with Gasteiger partial charge in [0.25, 0.3) is 5.91 Å². The van der Waals surface area contributed by atoms with Crippen molar-refractivity contribution >= 4 is 22.6 Å². The summed E-state index contributed by atoms with van der Waals surface area (Å²) >= 11 is 0. The number of amides is 1. The van der Waals surface area contributed by atoms with Crippen LogP contribution in [-0.4, -0.2) is 41.8 Å². The first-order valence-electron chi connectivity index (χ1n) is 6.29. The van der Waals surface area contributed by atoms with Crippen molar-refractivity contribution in [2.45, 2.75) is 6.10 Å². The molecular formula is C15H15NO5. The third-order valence-corrected chi connectivity index (χ3v) is 3.15. The molecule has 0 aliphatic rings. The van der Waals surface area contributed by atoms with E-state index >= 15 is 0 Å². The van der Waals surface area contributed by atoms with Crippen LogP contribution in [-0.2, 0) is 9.53 Å². The van der Waals surface area contributed by atoms with E-state index in [1.807, 2.05) is 12.1 Å². The molecule has 0 aromatic heterocycles. The molecule has 6 nitrogen and oxygen atoms in total. The van der Waals surface area contributed by atoms with Crippen LogP contribution < -0.4 is 5.32 Å². The standard InChI is InChI=1S/C15H15NO5/c1-21-12(15(19)20)8-16-14(18)11-7-6-9-4-2-3-5-10(9)13(11)17/h2-7,12,17H,8H2,1H3,(H,16,18)(H,19,20). The second kappa shape index (κ2) is 6.23. The first-order chi connectivity index (χ1) is 10.0. The second-order valence-corrected chi connectivity index (χ2v) is 4.46. The maximum Gasteiger partial charge on any atom is 0.334 e. The summed E-state index contributed by atoms with van der Waals surface area (Å²) in [5.41, 5.74) is 0.0916. The largest absolute Gasteiger partial charge is 0.506 e. The summed E-state index contributed by atoms with van der Waals surface area (Å²) in [5, 5.41) is 22.8. The monoisotopic (exact) mass is 289 g/mol. The molecule has 0 fully saturated rings. The molecule has 2 aromatic rings. The molecule has 110 valence electrons. The van der Waals surface area contributed by atoms with Gasteiger partial charge in [-0.15, -0.1) is 0 Å². The lowest BCUT2D eigenvalue weighted by atomic mass is 10.0. The van der Waals surface area contributed by atoms with E-state index < -0.39 is 18.0 Å². The maximum atomic E-state index is 12.0. The number of phenols is 1. The minimum Gasteiger partial charge on any atom is -0.506 e. The van der Waals surface area contributed by atoms with Gasteiger partial charge in [-0.2, -0.15) is 0 Å².